The Hall–Kier alpha value is -4.39. The van der Waals surface area contributed by atoms with Crippen molar-refractivity contribution in [2.24, 2.45) is 0 Å². The van der Waals surface area contributed by atoms with Crippen LogP contribution in [-0.2, 0) is 10.3 Å². The van der Waals surface area contributed by atoms with Crippen LogP contribution in [0.5, 0.6) is 11.5 Å². The molecule has 0 radical (unpaired) electrons. The van der Waals surface area contributed by atoms with Crippen LogP contribution < -0.4 is 20.1 Å². The summed E-state index contributed by atoms with van der Waals surface area (Å²) in [5.74, 6) is -3.05. The van der Waals surface area contributed by atoms with Gasteiger partial charge < -0.3 is 30.0 Å². The standard InChI is InChI=1S/C34H39F4N3O6/c1-32(2,3)47-31(44)41-33(4,5)22-17-26(20-6-9-23(35)10-7-20)40-27(18-22)25(34(36,37)38)19-39-30(43)21-8-13-28(46-24-11-12-24)29(16-21)45-15-14-42/h6-10,13,16-18,24-25,42H,11-12,14-15,19H2,1-5H3,(H,39,43)(H,41,44). The molecule has 4 rings (SSSR count). The number of alkyl halides is 3. The normalized spacial score (nSPS) is 14.3. The summed E-state index contributed by atoms with van der Waals surface area (Å²) in [5, 5.41) is 14.2. The predicted molar refractivity (Wildman–Crippen MR) is 166 cm³/mol. The molecule has 0 aliphatic heterocycles. The van der Waals surface area contributed by atoms with Crippen molar-refractivity contribution in [2.75, 3.05) is 19.8 Å². The summed E-state index contributed by atoms with van der Waals surface area (Å²) >= 11 is 0. The number of amides is 2. The Kier molecular flexibility index (Phi) is 10.7. The number of carbonyl (C=O) groups excluding carboxylic acids is 2. The lowest BCUT2D eigenvalue weighted by atomic mass is 9.90. The van der Waals surface area contributed by atoms with Crippen molar-refractivity contribution in [3.8, 4) is 22.8 Å². The average molecular weight is 662 g/mol. The van der Waals surface area contributed by atoms with Gasteiger partial charge in [-0.2, -0.15) is 13.2 Å². The summed E-state index contributed by atoms with van der Waals surface area (Å²) in [6.07, 6.45) is -3.87. The van der Waals surface area contributed by atoms with Gasteiger partial charge in [0.25, 0.3) is 5.91 Å². The summed E-state index contributed by atoms with van der Waals surface area (Å²) < 4.78 is 74.3. The SMILES string of the molecule is CC(C)(C)OC(=O)NC(C)(C)c1cc(-c2ccc(F)cc2)nc(C(CNC(=O)c2ccc(OC3CC3)c(OCCO)c2)C(F)(F)F)c1. The second-order valence-electron chi connectivity index (χ2n) is 12.8. The molecule has 1 fully saturated rings. The summed E-state index contributed by atoms with van der Waals surface area (Å²) in [6, 6.07) is 12.1. The molecule has 9 nitrogen and oxygen atoms in total. The number of rotatable bonds is 12. The van der Waals surface area contributed by atoms with E-state index in [9.17, 15) is 32.3 Å². The second-order valence-corrected chi connectivity index (χ2v) is 12.8. The van der Waals surface area contributed by atoms with E-state index in [-0.39, 0.29) is 41.9 Å². The third-order valence-corrected chi connectivity index (χ3v) is 7.11. The highest BCUT2D eigenvalue weighted by Gasteiger charge is 2.43. The molecule has 47 heavy (non-hydrogen) atoms. The quantitative estimate of drug-likeness (QED) is 0.186. The number of carbonyl (C=O) groups is 2. The summed E-state index contributed by atoms with van der Waals surface area (Å²) in [7, 11) is 0. The Labute approximate surface area is 270 Å². The number of aromatic nitrogens is 1. The molecule has 2 aromatic carbocycles. The van der Waals surface area contributed by atoms with Crippen LogP contribution in [0.25, 0.3) is 11.3 Å². The van der Waals surface area contributed by atoms with Crippen molar-refractivity contribution in [2.45, 2.75) is 76.8 Å². The first-order valence-electron chi connectivity index (χ1n) is 15.1. The fourth-order valence-electron chi connectivity index (χ4n) is 4.56. The van der Waals surface area contributed by atoms with Crippen LogP contribution in [0.2, 0.25) is 0 Å². The molecule has 1 unspecified atom stereocenters. The van der Waals surface area contributed by atoms with Crippen LogP contribution in [0.3, 0.4) is 0 Å². The maximum atomic E-state index is 14.7. The third kappa shape index (κ3) is 10.0. The number of alkyl carbamates (subject to hydrolysis) is 1. The van der Waals surface area contributed by atoms with Crippen molar-refractivity contribution >= 4 is 12.0 Å². The number of halogens is 4. The van der Waals surface area contributed by atoms with Gasteiger partial charge in [0.1, 0.15) is 23.9 Å². The summed E-state index contributed by atoms with van der Waals surface area (Å²) in [4.78, 5) is 30.1. The van der Waals surface area contributed by atoms with Gasteiger partial charge in [-0.15, -0.1) is 0 Å². The van der Waals surface area contributed by atoms with Crippen LogP contribution in [0.15, 0.2) is 54.6 Å². The molecule has 1 aliphatic rings. The smallest absolute Gasteiger partial charge is 0.408 e. The molecule has 3 aromatic rings. The minimum absolute atomic E-state index is 0.0195. The lowest BCUT2D eigenvalue weighted by molar-refractivity contribution is -0.149. The minimum atomic E-state index is -4.85. The Morgan fingerprint density at radius 3 is 2.26 bits per heavy atom. The minimum Gasteiger partial charge on any atom is -0.487 e. The number of nitrogens with zero attached hydrogens (tertiary/aromatic N) is 1. The van der Waals surface area contributed by atoms with Crippen LogP contribution >= 0.6 is 0 Å². The van der Waals surface area contributed by atoms with E-state index in [4.69, 9.17) is 14.2 Å². The van der Waals surface area contributed by atoms with Gasteiger partial charge >= 0.3 is 12.3 Å². The number of aliphatic hydroxyl groups excluding tert-OH is 1. The van der Waals surface area contributed by atoms with E-state index in [0.29, 0.717) is 11.3 Å². The van der Waals surface area contributed by atoms with Crippen LogP contribution in [0.4, 0.5) is 22.4 Å². The summed E-state index contributed by atoms with van der Waals surface area (Å²) in [6.45, 7) is 7.01. The highest BCUT2D eigenvalue weighted by Crippen LogP contribution is 2.38. The molecule has 1 heterocycles. The number of hydrogen-bond acceptors (Lipinski definition) is 7. The molecule has 13 heteroatoms. The summed E-state index contributed by atoms with van der Waals surface area (Å²) in [5.41, 5.74) is -1.73. The first kappa shape index (κ1) is 35.5. The maximum Gasteiger partial charge on any atom is 0.408 e. The zero-order valence-electron chi connectivity index (χ0n) is 26.8. The highest BCUT2D eigenvalue weighted by molar-refractivity contribution is 5.95. The van der Waals surface area contributed by atoms with E-state index in [1.165, 1.54) is 42.5 Å². The molecule has 1 atom stereocenters. The monoisotopic (exact) mass is 661 g/mol. The van der Waals surface area contributed by atoms with Crippen LogP contribution in [0.1, 0.15) is 75.0 Å². The van der Waals surface area contributed by atoms with Gasteiger partial charge in [-0.3, -0.25) is 9.78 Å². The third-order valence-electron chi connectivity index (χ3n) is 7.11. The maximum absolute atomic E-state index is 14.7. The number of nitrogens with one attached hydrogen (secondary N) is 2. The molecule has 1 aliphatic carbocycles. The first-order chi connectivity index (χ1) is 21.9. The van der Waals surface area contributed by atoms with Gasteiger partial charge in [-0.25, -0.2) is 9.18 Å². The topological polar surface area (TPSA) is 119 Å². The van der Waals surface area contributed by atoms with Gasteiger partial charge in [-0.1, -0.05) is 0 Å². The Balaban J connectivity index is 1.66. The molecule has 1 saturated carbocycles. The largest absolute Gasteiger partial charge is 0.487 e. The Morgan fingerprint density at radius 2 is 1.66 bits per heavy atom. The molecule has 254 valence electrons. The predicted octanol–water partition coefficient (Wildman–Crippen LogP) is 6.64. The zero-order valence-corrected chi connectivity index (χ0v) is 26.8. The van der Waals surface area contributed by atoms with Crippen molar-refractivity contribution in [3.63, 3.8) is 0 Å². The number of aliphatic hydroxyl groups is 1. The van der Waals surface area contributed by atoms with Crippen molar-refractivity contribution in [1.82, 2.24) is 15.6 Å². The number of hydrogen-bond donors (Lipinski definition) is 3. The highest BCUT2D eigenvalue weighted by atomic mass is 19.4. The Morgan fingerprint density at radius 1 is 0.979 bits per heavy atom. The molecule has 0 spiro atoms. The fraction of sp³-hybridized carbons (Fsp3) is 0.441. The fourth-order valence-corrected chi connectivity index (χ4v) is 4.56. The van der Waals surface area contributed by atoms with Gasteiger partial charge in [0.15, 0.2) is 11.5 Å². The van der Waals surface area contributed by atoms with Crippen LogP contribution in [0, 0.1) is 5.82 Å². The van der Waals surface area contributed by atoms with Gasteiger partial charge in [-0.05, 0) is 108 Å². The van der Waals surface area contributed by atoms with Crippen molar-refractivity contribution < 1.29 is 46.5 Å². The van der Waals surface area contributed by atoms with E-state index in [1.807, 2.05) is 0 Å². The average Bonchev–Trinajstić information content (AvgIpc) is 3.79. The zero-order chi connectivity index (χ0) is 34.6. The van der Waals surface area contributed by atoms with Gasteiger partial charge in [0, 0.05) is 17.7 Å². The molecule has 3 N–H and O–H groups in total. The Bertz CT molecular complexity index is 1570. The van der Waals surface area contributed by atoms with E-state index >= 15 is 0 Å². The van der Waals surface area contributed by atoms with Gasteiger partial charge in [0.05, 0.1) is 29.6 Å². The first-order valence-corrected chi connectivity index (χ1v) is 15.1. The number of ether oxygens (including phenoxy) is 3. The second kappa shape index (κ2) is 14.2. The number of pyridine rings is 1. The lowest BCUT2D eigenvalue weighted by Gasteiger charge is -2.30. The van der Waals surface area contributed by atoms with E-state index in [0.717, 1.165) is 25.0 Å². The molecular weight excluding hydrogens is 622 g/mol. The molecular formula is C34H39F4N3O6. The van der Waals surface area contributed by atoms with E-state index in [1.54, 1.807) is 34.6 Å². The number of benzene rings is 2. The molecule has 0 bridgehead atoms. The van der Waals surface area contributed by atoms with E-state index in [2.05, 4.69) is 15.6 Å². The van der Waals surface area contributed by atoms with E-state index < -0.39 is 53.3 Å². The molecule has 0 saturated heterocycles. The van der Waals surface area contributed by atoms with Crippen molar-refractivity contribution in [1.29, 1.82) is 0 Å². The van der Waals surface area contributed by atoms with Gasteiger partial charge in [0.2, 0.25) is 0 Å². The molecule has 1 aromatic heterocycles. The molecule has 2 amide bonds. The van der Waals surface area contributed by atoms with Crippen LogP contribution in [-0.4, -0.2) is 59.7 Å². The van der Waals surface area contributed by atoms with Crippen molar-refractivity contribution in [3.05, 3.63) is 77.2 Å². The lowest BCUT2D eigenvalue weighted by Crippen LogP contribution is -2.44.